The summed E-state index contributed by atoms with van der Waals surface area (Å²) in [6.07, 6.45) is 11.5. The average molecular weight is 429 g/mol. The maximum atomic E-state index is 5.45. The van der Waals surface area contributed by atoms with Crippen LogP contribution in [0.25, 0.3) is 18.4 Å². The first-order chi connectivity index (χ1) is 15.8. The number of allylic oxidation sites excluding steroid dienone is 3. The molecule has 0 spiro atoms. The van der Waals surface area contributed by atoms with Gasteiger partial charge in [-0.1, -0.05) is 54.6 Å². The molecule has 0 saturated carbocycles. The zero-order chi connectivity index (χ0) is 21.6. The Hall–Kier alpha value is -2.82. The molecule has 2 aromatic rings. The summed E-state index contributed by atoms with van der Waals surface area (Å²) in [5, 5.41) is 2.53. The van der Waals surface area contributed by atoms with Gasteiger partial charge >= 0.3 is 0 Å². The molecule has 2 saturated heterocycles. The molecule has 0 aromatic heterocycles. The van der Waals surface area contributed by atoms with Crippen LogP contribution in [-0.2, 0) is 9.47 Å². The number of benzene rings is 2. The SMILES string of the molecule is C1=C(C=c2ccc(=CN3CCOCC3)cc2)CCC1=Cc1ccc(N2CCOCC2)cc1. The molecule has 2 aromatic carbocycles. The molecular weight excluding hydrogens is 396 g/mol. The van der Waals surface area contributed by atoms with E-state index in [1.807, 2.05) is 0 Å². The molecule has 0 bridgehead atoms. The van der Waals surface area contributed by atoms with Gasteiger partial charge in [-0.3, -0.25) is 0 Å². The first kappa shape index (κ1) is 21.0. The Morgan fingerprint density at radius 1 is 0.656 bits per heavy atom. The van der Waals surface area contributed by atoms with E-state index in [0.717, 1.165) is 65.4 Å². The van der Waals surface area contributed by atoms with E-state index in [-0.39, 0.29) is 0 Å². The second-order valence-corrected chi connectivity index (χ2v) is 8.72. The minimum atomic E-state index is 0.824. The van der Waals surface area contributed by atoms with Crippen LogP contribution in [0.4, 0.5) is 5.69 Å². The monoisotopic (exact) mass is 428 g/mol. The topological polar surface area (TPSA) is 24.9 Å². The molecule has 3 aliphatic rings. The number of rotatable bonds is 4. The second-order valence-electron chi connectivity index (χ2n) is 8.72. The third-order valence-electron chi connectivity index (χ3n) is 6.36. The van der Waals surface area contributed by atoms with Crippen LogP contribution in [-0.4, -0.2) is 57.5 Å². The van der Waals surface area contributed by atoms with Crippen molar-refractivity contribution in [2.24, 2.45) is 0 Å². The van der Waals surface area contributed by atoms with Crippen molar-refractivity contribution in [3.05, 3.63) is 81.8 Å². The Morgan fingerprint density at radius 3 is 2.03 bits per heavy atom. The van der Waals surface area contributed by atoms with Crippen molar-refractivity contribution >= 4 is 24.0 Å². The molecule has 0 atom stereocenters. The van der Waals surface area contributed by atoms with Crippen LogP contribution in [0, 0.1) is 0 Å². The Labute approximate surface area is 190 Å². The molecule has 0 radical (unpaired) electrons. The lowest BCUT2D eigenvalue weighted by Gasteiger charge is -2.28. The van der Waals surface area contributed by atoms with Gasteiger partial charge in [-0.25, -0.2) is 0 Å². The molecule has 0 amide bonds. The Bertz CT molecular complexity index is 1070. The van der Waals surface area contributed by atoms with Crippen LogP contribution in [0.3, 0.4) is 0 Å². The molecule has 32 heavy (non-hydrogen) atoms. The minimum Gasteiger partial charge on any atom is -0.378 e. The van der Waals surface area contributed by atoms with Crippen molar-refractivity contribution in [2.45, 2.75) is 12.8 Å². The van der Waals surface area contributed by atoms with Gasteiger partial charge in [0, 0.05) is 38.1 Å². The molecule has 5 rings (SSSR count). The third-order valence-corrected chi connectivity index (χ3v) is 6.36. The highest BCUT2D eigenvalue weighted by atomic mass is 16.5. The van der Waals surface area contributed by atoms with E-state index < -0.39 is 0 Å². The molecule has 1 aliphatic carbocycles. The fraction of sp³-hybridized carbons (Fsp3) is 0.357. The molecule has 166 valence electrons. The fourth-order valence-electron chi connectivity index (χ4n) is 4.53. The highest BCUT2D eigenvalue weighted by molar-refractivity contribution is 5.64. The number of ether oxygens (including phenoxy) is 2. The quantitative estimate of drug-likeness (QED) is 0.747. The van der Waals surface area contributed by atoms with Gasteiger partial charge in [0.25, 0.3) is 0 Å². The number of hydrogen-bond acceptors (Lipinski definition) is 4. The van der Waals surface area contributed by atoms with Crippen LogP contribution in [0.15, 0.2) is 65.8 Å². The summed E-state index contributed by atoms with van der Waals surface area (Å²) in [6.45, 7) is 7.21. The third kappa shape index (κ3) is 5.50. The van der Waals surface area contributed by atoms with Gasteiger partial charge in [0.05, 0.1) is 26.4 Å². The molecule has 2 heterocycles. The summed E-state index contributed by atoms with van der Waals surface area (Å²) in [4.78, 5) is 4.74. The molecule has 0 N–H and O–H groups in total. The average Bonchev–Trinajstić information content (AvgIpc) is 3.29. The largest absolute Gasteiger partial charge is 0.378 e. The van der Waals surface area contributed by atoms with Crippen molar-refractivity contribution in [1.82, 2.24) is 4.90 Å². The molecular formula is C28H32N2O2. The van der Waals surface area contributed by atoms with E-state index in [1.54, 1.807) is 0 Å². The Kier molecular flexibility index (Phi) is 6.71. The predicted octanol–water partition coefficient (Wildman–Crippen LogP) is 3.18. The van der Waals surface area contributed by atoms with Crippen LogP contribution in [0.5, 0.6) is 0 Å². The lowest BCUT2D eigenvalue weighted by molar-refractivity contribution is 0.0663. The fourth-order valence-corrected chi connectivity index (χ4v) is 4.53. The van der Waals surface area contributed by atoms with Gasteiger partial charge in [-0.2, -0.15) is 0 Å². The summed E-state index contributed by atoms with van der Waals surface area (Å²) in [5.41, 5.74) is 5.39. The van der Waals surface area contributed by atoms with Crippen LogP contribution >= 0.6 is 0 Å². The van der Waals surface area contributed by atoms with Crippen LogP contribution < -0.4 is 15.3 Å². The summed E-state index contributed by atoms with van der Waals surface area (Å²) < 4.78 is 10.9. The second kappa shape index (κ2) is 10.2. The summed E-state index contributed by atoms with van der Waals surface area (Å²) in [7, 11) is 0. The van der Waals surface area contributed by atoms with E-state index in [4.69, 9.17) is 9.47 Å². The minimum absolute atomic E-state index is 0.824. The van der Waals surface area contributed by atoms with Gasteiger partial charge in [-0.05, 0) is 52.1 Å². The van der Waals surface area contributed by atoms with Gasteiger partial charge in [0.15, 0.2) is 0 Å². The number of anilines is 1. The van der Waals surface area contributed by atoms with E-state index in [9.17, 15) is 0 Å². The first-order valence-electron chi connectivity index (χ1n) is 11.8. The Morgan fingerprint density at radius 2 is 1.31 bits per heavy atom. The van der Waals surface area contributed by atoms with Gasteiger partial charge in [-0.15, -0.1) is 0 Å². The van der Waals surface area contributed by atoms with E-state index in [0.29, 0.717) is 0 Å². The van der Waals surface area contributed by atoms with Crippen LogP contribution in [0.1, 0.15) is 18.4 Å². The summed E-state index contributed by atoms with van der Waals surface area (Å²) >= 11 is 0. The van der Waals surface area contributed by atoms with Crippen molar-refractivity contribution in [1.29, 1.82) is 0 Å². The first-order valence-corrected chi connectivity index (χ1v) is 11.8. The van der Waals surface area contributed by atoms with Gasteiger partial charge < -0.3 is 19.3 Å². The number of hydrogen-bond donors (Lipinski definition) is 0. The highest BCUT2D eigenvalue weighted by Gasteiger charge is 2.11. The molecule has 0 unspecified atom stereocenters. The van der Waals surface area contributed by atoms with E-state index in [2.05, 4.69) is 82.8 Å². The molecule has 2 fully saturated rings. The lowest BCUT2D eigenvalue weighted by atomic mass is 10.1. The lowest BCUT2D eigenvalue weighted by Crippen LogP contribution is -2.36. The maximum Gasteiger partial charge on any atom is 0.0642 e. The van der Waals surface area contributed by atoms with Crippen LogP contribution in [0.2, 0.25) is 0 Å². The predicted molar refractivity (Wildman–Crippen MR) is 132 cm³/mol. The van der Waals surface area contributed by atoms with Gasteiger partial charge in [0.1, 0.15) is 0 Å². The zero-order valence-electron chi connectivity index (χ0n) is 18.7. The van der Waals surface area contributed by atoms with Gasteiger partial charge in [0.2, 0.25) is 0 Å². The molecule has 4 heteroatoms. The number of morpholine rings is 2. The maximum absolute atomic E-state index is 5.45. The number of nitrogens with zero attached hydrogens (tertiary/aromatic N) is 2. The van der Waals surface area contributed by atoms with Crippen molar-refractivity contribution in [2.75, 3.05) is 57.5 Å². The smallest absolute Gasteiger partial charge is 0.0642 e. The summed E-state index contributed by atoms with van der Waals surface area (Å²) in [5.74, 6) is 0. The summed E-state index contributed by atoms with van der Waals surface area (Å²) in [6, 6.07) is 17.8. The normalized spacial score (nSPS) is 20.4. The van der Waals surface area contributed by atoms with Crippen molar-refractivity contribution in [3.63, 3.8) is 0 Å². The zero-order valence-corrected chi connectivity index (χ0v) is 18.7. The van der Waals surface area contributed by atoms with Crippen molar-refractivity contribution in [3.8, 4) is 0 Å². The van der Waals surface area contributed by atoms with E-state index in [1.165, 1.54) is 32.8 Å². The Balaban J connectivity index is 1.25. The highest BCUT2D eigenvalue weighted by Crippen LogP contribution is 2.27. The molecule has 2 aliphatic heterocycles. The standard InChI is InChI=1S/C28H32N2O2/c1-3-25(22-29-11-15-31-16-12-29)4-2-23(1)19-26-5-6-27(21-26)20-24-7-9-28(10-8-24)30-13-17-32-18-14-30/h1-4,7-10,19-22H,5-6,11-18H2. The van der Waals surface area contributed by atoms with E-state index >= 15 is 0 Å². The van der Waals surface area contributed by atoms with Crippen molar-refractivity contribution < 1.29 is 9.47 Å². The molecule has 4 nitrogen and oxygen atoms in total.